The molecule has 0 fully saturated rings. The Hall–Kier alpha value is -1.75. The molecular formula is C12H15FN2O2. The van der Waals surface area contributed by atoms with Crippen molar-refractivity contribution in [1.82, 2.24) is 9.88 Å². The maximum atomic E-state index is 13.0. The van der Waals surface area contributed by atoms with E-state index in [1.54, 1.807) is 11.0 Å². The van der Waals surface area contributed by atoms with Crippen molar-refractivity contribution in [3.05, 3.63) is 42.5 Å². The van der Waals surface area contributed by atoms with Gasteiger partial charge in [-0.1, -0.05) is 6.08 Å². The first-order valence-corrected chi connectivity index (χ1v) is 5.21. The molecule has 0 radical (unpaired) electrons. The van der Waals surface area contributed by atoms with Crippen LogP contribution in [0, 0.1) is 5.82 Å². The van der Waals surface area contributed by atoms with Gasteiger partial charge in [-0.25, -0.2) is 4.39 Å². The number of aromatic nitrogens is 1. The average molecular weight is 238 g/mol. The van der Waals surface area contributed by atoms with Gasteiger partial charge in [0.2, 0.25) is 0 Å². The maximum Gasteiger partial charge on any atom is 0.317 e. The Labute approximate surface area is 99.4 Å². The lowest BCUT2D eigenvalue weighted by Gasteiger charge is -2.26. The number of halogens is 1. The van der Waals surface area contributed by atoms with Gasteiger partial charge in [0.15, 0.2) is 0 Å². The zero-order valence-corrected chi connectivity index (χ0v) is 9.64. The van der Waals surface area contributed by atoms with E-state index in [0.717, 1.165) is 6.20 Å². The first-order valence-electron chi connectivity index (χ1n) is 5.21. The molecule has 1 N–H and O–H groups in total. The van der Waals surface area contributed by atoms with Crippen LogP contribution in [0.15, 0.2) is 31.1 Å². The summed E-state index contributed by atoms with van der Waals surface area (Å²) in [7, 11) is 0. The van der Waals surface area contributed by atoms with Gasteiger partial charge in [-0.3, -0.25) is 14.7 Å². The Balaban J connectivity index is 2.86. The summed E-state index contributed by atoms with van der Waals surface area (Å²) in [6, 6.07) is 1.13. The predicted octanol–water partition coefficient (Wildman–Crippen LogP) is 1.85. The van der Waals surface area contributed by atoms with Crippen molar-refractivity contribution in [1.29, 1.82) is 0 Å². The van der Waals surface area contributed by atoms with E-state index in [1.165, 1.54) is 12.3 Å². The van der Waals surface area contributed by atoms with Crippen LogP contribution in [0.1, 0.15) is 18.5 Å². The lowest BCUT2D eigenvalue weighted by molar-refractivity contribution is -0.138. The summed E-state index contributed by atoms with van der Waals surface area (Å²) >= 11 is 0. The Morgan fingerprint density at radius 3 is 2.94 bits per heavy atom. The zero-order valence-electron chi connectivity index (χ0n) is 9.64. The van der Waals surface area contributed by atoms with Gasteiger partial charge >= 0.3 is 5.97 Å². The molecule has 4 nitrogen and oxygen atoms in total. The van der Waals surface area contributed by atoms with Gasteiger partial charge < -0.3 is 5.11 Å². The van der Waals surface area contributed by atoms with Crippen LogP contribution in [0.2, 0.25) is 0 Å². The molecule has 1 atom stereocenters. The summed E-state index contributed by atoms with van der Waals surface area (Å²) in [5.41, 5.74) is 0.646. The second-order valence-corrected chi connectivity index (χ2v) is 3.72. The molecule has 0 saturated carbocycles. The van der Waals surface area contributed by atoms with E-state index in [0.29, 0.717) is 12.1 Å². The molecule has 0 bridgehead atoms. The average Bonchev–Trinajstić information content (AvgIpc) is 2.27. The van der Waals surface area contributed by atoms with E-state index >= 15 is 0 Å². The summed E-state index contributed by atoms with van der Waals surface area (Å²) < 4.78 is 13.0. The molecular weight excluding hydrogens is 223 g/mol. The lowest BCUT2D eigenvalue weighted by Crippen LogP contribution is -2.32. The van der Waals surface area contributed by atoms with Gasteiger partial charge in [-0.15, -0.1) is 6.58 Å². The summed E-state index contributed by atoms with van der Waals surface area (Å²) in [6.45, 7) is 5.68. The SMILES string of the molecule is C=CCN(CC(=O)O)C(C)c1cncc(F)c1. The molecule has 17 heavy (non-hydrogen) atoms. The summed E-state index contributed by atoms with van der Waals surface area (Å²) in [4.78, 5) is 16.1. The second kappa shape index (κ2) is 6.10. The minimum Gasteiger partial charge on any atom is -0.480 e. The Bertz CT molecular complexity index is 409. The molecule has 1 heterocycles. The van der Waals surface area contributed by atoms with Gasteiger partial charge in [0.1, 0.15) is 5.82 Å². The van der Waals surface area contributed by atoms with E-state index in [-0.39, 0.29) is 12.6 Å². The minimum atomic E-state index is -0.928. The largest absolute Gasteiger partial charge is 0.480 e. The van der Waals surface area contributed by atoms with Gasteiger partial charge in [-0.2, -0.15) is 0 Å². The van der Waals surface area contributed by atoms with Crippen LogP contribution in [0.3, 0.4) is 0 Å². The number of hydrogen-bond acceptors (Lipinski definition) is 3. The van der Waals surface area contributed by atoms with Gasteiger partial charge in [0.05, 0.1) is 12.7 Å². The van der Waals surface area contributed by atoms with E-state index in [9.17, 15) is 9.18 Å². The van der Waals surface area contributed by atoms with Crippen molar-refractivity contribution in [2.24, 2.45) is 0 Å². The summed E-state index contributed by atoms with van der Waals surface area (Å²) in [5, 5.41) is 8.80. The van der Waals surface area contributed by atoms with Crippen LogP contribution in [0.25, 0.3) is 0 Å². The van der Waals surface area contributed by atoms with Crippen molar-refractivity contribution >= 4 is 5.97 Å². The molecule has 1 aromatic rings. The molecule has 0 spiro atoms. The van der Waals surface area contributed by atoms with Crippen LogP contribution in [0.5, 0.6) is 0 Å². The highest BCUT2D eigenvalue weighted by Crippen LogP contribution is 2.19. The summed E-state index contributed by atoms with van der Waals surface area (Å²) in [5.74, 6) is -1.36. The van der Waals surface area contributed by atoms with Crippen molar-refractivity contribution in [2.75, 3.05) is 13.1 Å². The second-order valence-electron chi connectivity index (χ2n) is 3.72. The Morgan fingerprint density at radius 1 is 1.71 bits per heavy atom. The number of aliphatic carboxylic acids is 1. The maximum absolute atomic E-state index is 13.0. The molecule has 1 unspecified atom stereocenters. The first kappa shape index (κ1) is 13.3. The van der Waals surface area contributed by atoms with Crippen LogP contribution in [-0.2, 0) is 4.79 Å². The summed E-state index contributed by atoms with van der Waals surface area (Å²) in [6.07, 6.45) is 4.27. The lowest BCUT2D eigenvalue weighted by atomic mass is 10.1. The van der Waals surface area contributed by atoms with Crippen molar-refractivity contribution in [2.45, 2.75) is 13.0 Å². The van der Waals surface area contributed by atoms with Gasteiger partial charge in [0.25, 0.3) is 0 Å². The van der Waals surface area contributed by atoms with E-state index in [2.05, 4.69) is 11.6 Å². The fraction of sp³-hybridized carbons (Fsp3) is 0.333. The fourth-order valence-electron chi connectivity index (χ4n) is 1.57. The third kappa shape index (κ3) is 3.96. The number of carbonyl (C=O) groups is 1. The molecule has 0 saturated heterocycles. The number of hydrogen-bond donors (Lipinski definition) is 1. The molecule has 5 heteroatoms. The molecule has 0 aromatic carbocycles. The van der Waals surface area contributed by atoms with E-state index in [1.807, 2.05) is 6.92 Å². The molecule has 0 amide bonds. The number of carboxylic acids is 1. The number of carboxylic acid groups (broad SMARTS) is 1. The van der Waals surface area contributed by atoms with Crippen molar-refractivity contribution in [3.63, 3.8) is 0 Å². The predicted molar refractivity (Wildman–Crippen MR) is 62.0 cm³/mol. The molecule has 92 valence electrons. The molecule has 0 aliphatic heterocycles. The van der Waals surface area contributed by atoms with Crippen LogP contribution >= 0.6 is 0 Å². The third-order valence-corrected chi connectivity index (χ3v) is 2.46. The zero-order chi connectivity index (χ0) is 12.8. The smallest absolute Gasteiger partial charge is 0.317 e. The first-order chi connectivity index (χ1) is 8.04. The normalized spacial score (nSPS) is 12.4. The molecule has 0 aliphatic carbocycles. The highest BCUT2D eigenvalue weighted by Gasteiger charge is 2.17. The van der Waals surface area contributed by atoms with Gasteiger partial charge in [-0.05, 0) is 18.6 Å². The minimum absolute atomic E-state index is 0.121. The molecule has 0 aliphatic rings. The molecule has 1 aromatic heterocycles. The number of nitrogens with zero attached hydrogens (tertiary/aromatic N) is 2. The van der Waals surface area contributed by atoms with Crippen LogP contribution in [0.4, 0.5) is 4.39 Å². The van der Waals surface area contributed by atoms with Crippen molar-refractivity contribution < 1.29 is 14.3 Å². The van der Waals surface area contributed by atoms with Crippen LogP contribution < -0.4 is 0 Å². The van der Waals surface area contributed by atoms with E-state index in [4.69, 9.17) is 5.11 Å². The Morgan fingerprint density at radius 2 is 2.41 bits per heavy atom. The van der Waals surface area contributed by atoms with Crippen molar-refractivity contribution in [3.8, 4) is 0 Å². The highest BCUT2D eigenvalue weighted by atomic mass is 19.1. The van der Waals surface area contributed by atoms with Crippen LogP contribution in [-0.4, -0.2) is 34.0 Å². The standard InChI is InChI=1S/C12H15FN2O2/c1-3-4-15(8-12(16)17)9(2)10-5-11(13)7-14-6-10/h3,5-7,9H,1,4,8H2,2H3,(H,16,17). The van der Waals surface area contributed by atoms with E-state index < -0.39 is 11.8 Å². The Kier molecular flexibility index (Phi) is 4.78. The van der Waals surface area contributed by atoms with Gasteiger partial charge in [0, 0.05) is 18.8 Å². The third-order valence-electron chi connectivity index (χ3n) is 2.46. The number of pyridine rings is 1. The fourth-order valence-corrected chi connectivity index (χ4v) is 1.57. The number of rotatable bonds is 6. The topological polar surface area (TPSA) is 53.4 Å². The molecule has 1 rings (SSSR count). The quantitative estimate of drug-likeness (QED) is 0.768. The highest BCUT2D eigenvalue weighted by molar-refractivity contribution is 5.69. The monoisotopic (exact) mass is 238 g/mol.